The first-order valence-corrected chi connectivity index (χ1v) is 5.00. The lowest BCUT2D eigenvalue weighted by Crippen LogP contribution is -2.44. The van der Waals surface area contributed by atoms with Crippen molar-refractivity contribution in [2.75, 3.05) is 6.61 Å². The Balaban J connectivity index is 4.07. The second-order valence-corrected chi connectivity index (χ2v) is 4.20. The van der Waals surface area contributed by atoms with Crippen molar-refractivity contribution in [3.05, 3.63) is 0 Å². The van der Waals surface area contributed by atoms with Gasteiger partial charge in [0.15, 0.2) is 0 Å². The Morgan fingerprint density at radius 3 is 2.13 bits per heavy atom. The molecule has 1 amide bonds. The van der Waals surface area contributed by atoms with Gasteiger partial charge in [-0.2, -0.15) is 0 Å². The molecule has 0 aromatic heterocycles. The summed E-state index contributed by atoms with van der Waals surface area (Å²) in [6.07, 6.45) is -0.676. The lowest BCUT2D eigenvalue weighted by molar-refractivity contribution is -0.140. The maximum atomic E-state index is 11.2. The second kappa shape index (κ2) is 6.27. The first kappa shape index (κ1) is 13.7. The minimum Gasteiger partial charge on any atom is -0.480 e. The molecule has 0 aromatic carbocycles. The van der Waals surface area contributed by atoms with E-state index in [9.17, 15) is 9.59 Å². The van der Waals surface area contributed by atoms with Gasteiger partial charge in [0.2, 0.25) is 0 Å². The summed E-state index contributed by atoms with van der Waals surface area (Å²) in [5.74, 6) is -0.987. The van der Waals surface area contributed by atoms with E-state index in [4.69, 9.17) is 9.84 Å². The summed E-state index contributed by atoms with van der Waals surface area (Å²) < 4.78 is 4.82. The van der Waals surface area contributed by atoms with Crippen LogP contribution >= 0.6 is 0 Å². The molecule has 0 aromatic rings. The number of aliphatic carboxylic acids is 1. The highest BCUT2D eigenvalue weighted by atomic mass is 16.5. The van der Waals surface area contributed by atoms with E-state index >= 15 is 0 Å². The Hall–Kier alpha value is -1.26. The predicted molar refractivity (Wildman–Crippen MR) is 55.6 cm³/mol. The van der Waals surface area contributed by atoms with Crippen LogP contribution < -0.4 is 5.32 Å². The van der Waals surface area contributed by atoms with Crippen LogP contribution in [0.25, 0.3) is 0 Å². The summed E-state index contributed by atoms with van der Waals surface area (Å²) in [5.41, 5.74) is 0. The number of carboxylic acids is 1. The Bertz CT molecular complexity index is 225. The summed E-state index contributed by atoms with van der Waals surface area (Å²) in [6, 6.07) is -0.898. The average molecular weight is 217 g/mol. The molecular formula is C10H19NO4. The highest BCUT2D eigenvalue weighted by Crippen LogP contribution is 2.02. The van der Waals surface area contributed by atoms with Gasteiger partial charge in [-0.1, -0.05) is 27.7 Å². The van der Waals surface area contributed by atoms with Crippen molar-refractivity contribution in [2.24, 2.45) is 11.8 Å². The van der Waals surface area contributed by atoms with E-state index in [2.05, 4.69) is 5.32 Å². The number of alkyl carbamates (subject to hydrolysis) is 1. The molecule has 0 radical (unpaired) electrons. The molecule has 0 rings (SSSR count). The molecule has 0 aliphatic rings. The summed E-state index contributed by atoms with van der Waals surface area (Å²) in [7, 11) is 0. The third kappa shape index (κ3) is 5.93. The highest BCUT2D eigenvalue weighted by molar-refractivity contribution is 5.80. The monoisotopic (exact) mass is 217 g/mol. The van der Waals surface area contributed by atoms with Crippen LogP contribution in [0.3, 0.4) is 0 Å². The number of hydrogen-bond donors (Lipinski definition) is 2. The summed E-state index contributed by atoms with van der Waals surface area (Å²) in [4.78, 5) is 21.9. The fourth-order valence-electron chi connectivity index (χ4n) is 0.925. The first-order valence-electron chi connectivity index (χ1n) is 5.00. The smallest absolute Gasteiger partial charge is 0.407 e. The van der Waals surface area contributed by atoms with Crippen molar-refractivity contribution in [1.82, 2.24) is 5.32 Å². The zero-order chi connectivity index (χ0) is 12.0. The third-order valence-corrected chi connectivity index (χ3v) is 1.75. The minimum absolute atomic E-state index is 0.172. The molecule has 15 heavy (non-hydrogen) atoms. The average Bonchev–Trinajstić information content (AvgIpc) is 2.09. The summed E-state index contributed by atoms with van der Waals surface area (Å²) in [5, 5.41) is 11.1. The van der Waals surface area contributed by atoms with Crippen molar-refractivity contribution in [2.45, 2.75) is 33.7 Å². The second-order valence-electron chi connectivity index (χ2n) is 4.20. The van der Waals surface area contributed by atoms with Crippen LogP contribution in [0.15, 0.2) is 0 Å². The van der Waals surface area contributed by atoms with Gasteiger partial charge in [-0.25, -0.2) is 9.59 Å². The predicted octanol–water partition coefficient (Wildman–Crippen LogP) is 1.48. The molecule has 5 heteroatoms. The van der Waals surface area contributed by atoms with Crippen molar-refractivity contribution in [1.29, 1.82) is 0 Å². The molecule has 0 aliphatic carbocycles. The molecular weight excluding hydrogens is 198 g/mol. The Labute approximate surface area is 89.8 Å². The van der Waals surface area contributed by atoms with E-state index in [1.165, 1.54) is 0 Å². The molecule has 0 spiro atoms. The van der Waals surface area contributed by atoms with Crippen molar-refractivity contribution >= 4 is 12.1 Å². The van der Waals surface area contributed by atoms with E-state index < -0.39 is 18.1 Å². The molecule has 0 fully saturated rings. The van der Waals surface area contributed by atoms with E-state index in [0.29, 0.717) is 0 Å². The SMILES string of the molecule is CC(C)COC(=O)N[C@H](C(=O)O)C(C)C. The molecule has 0 unspecified atom stereocenters. The normalized spacial score (nSPS) is 12.7. The topological polar surface area (TPSA) is 75.6 Å². The number of carboxylic acid groups (broad SMARTS) is 1. The molecule has 0 heterocycles. The Morgan fingerprint density at radius 1 is 1.27 bits per heavy atom. The zero-order valence-corrected chi connectivity index (χ0v) is 9.61. The van der Waals surface area contributed by atoms with E-state index in [1.54, 1.807) is 13.8 Å². The number of hydrogen-bond acceptors (Lipinski definition) is 3. The fraction of sp³-hybridized carbons (Fsp3) is 0.800. The van der Waals surface area contributed by atoms with Gasteiger partial charge in [0.25, 0.3) is 0 Å². The Morgan fingerprint density at radius 2 is 1.80 bits per heavy atom. The van der Waals surface area contributed by atoms with Crippen molar-refractivity contribution in [3.63, 3.8) is 0 Å². The van der Waals surface area contributed by atoms with Gasteiger partial charge in [0.1, 0.15) is 6.04 Å². The van der Waals surface area contributed by atoms with Crippen LogP contribution in [0.2, 0.25) is 0 Å². The van der Waals surface area contributed by atoms with Gasteiger partial charge in [-0.05, 0) is 11.8 Å². The molecule has 0 saturated heterocycles. The van der Waals surface area contributed by atoms with Crippen LogP contribution in [0.1, 0.15) is 27.7 Å². The number of rotatable bonds is 5. The van der Waals surface area contributed by atoms with E-state index in [0.717, 1.165) is 0 Å². The summed E-state index contributed by atoms with van der Waals surface area (Å²) >= 11 is 0. The molecule has 5 nitrogen and oxygen atoms in total. The molecule has 0 bridgehead atoms. The number of carbonyl (C=O) groups is 2. The lowest BCUT2D eigenvalue weighted by Gasteiger charge is -2.18. The number of amides is 1. The third-order valence-electron chi connectivity index (χ3n) is 1.75. The highest BCUT2D eigenvalue weighted by Gasteiger charge is 2.23. The fourth-order valence-corrected chi connectivity index (χ4v) is 0.925. The lowest BCUT2D eigenvalue weighted by atomic mass is 10.1. The van der Waals surface area contributed by atoms with Gasteiger partial charge in [0, 0.05) is 0 Å². The first-order chi connectivity index (χ1) is 6.84. The molecule has 88 valence electrons. The van der Waals surface area contributed by atoms with Crippen molar-refractivity contribution < 1.29 is 19.4 Å². The van der Waals surface area contributed by atoms with Gasteiger partial charge in [-0.3, -0.25) is 0 Å². The minimum atomic E-state index is -1.05. The van der Waals surface area contributed by atoms with Crippen LogP contribution in [0.5, 0.6) is 0 Å². The molecule has 1 atom stereocenters. The summed E-state index contributed by atoms with van der Waals surface area (Å²) in [6.45, 7) is 7.55. The van der Waals surface area contributed by atoms with Crippen molar-refractivity contribution in [3.8, 4) is 0 Å². The molecule has 0 aliphatic heterocycles. The van der Waals surface area contributed by atoms with Gasteiger partial charge in [-0.15, -0.1) is 0 Å². The van der Waals surface area contributed by atoms with E-state index in [-0.39, 0.29) is 18.4 Å². The van der Waals surface area contributed by atoms with Crippen LogP contribution in [0.4, 0.5) is 4.79 Å². The van der Waals surface area contributed by atoms with E-state index in [1.807, 2.05) is 13.8 Å². The maximum Gasteiger partial charge on any atom is 0.407 e. The largest absolute Gasteiger partial charge is 0.480 e. The number of carbonyl (C=O) groups excluding carboxylic acids is 1. The molecule has 2 N–H and O–H groups in total. The Kier molecular flexibility index (Phi) is 5.74. The van der Waals surface area contributed by atoms with Gasteiger partial charge < -0.3 is 15.2 Å². The molecule has 0 saturated carbocycles. The van der Waals surface area contributed by atoms with Gasteiger partial charge in [0.05, 0.1) is 6.61 Å². The van der Waals surface area contributed by atoms with Crippen LogP contribution in [-0.2, 0) is 9.53 Å². The number of ether oxygens (including phenoxy) is 1. The standard InChI is InChI=1S/C10H19NO4/c1-6(2)5-15-10(14)11-8(7(3)4)9(12)13/h6-8H,5H2,1-4H3,(H,11,14)(H,12,13)/t8-/m0/s1. The van der Waals surface area contributed by atoms with Crippen LogP contribution in [0, 0.1) is 11.8 Å². The zero-order valence-electron chi connectivity index (χ0n) is 9.61. The number of nitrogens with one attached hydrogen (secondary N) is 1. The quantitative estimate of drug-likeness (QED) is 0.731. The van der Waals surface area contributed by atoms with Gasteiger partial charge >= 0.3 is 12.1 Å². The van der Waals surface area contributed by atoms with Crippen LogP contribution in [-0.4, -0.2) is 29.8 Å². The maximum absolute atomic E-state index is 11.2.